The number of aryl methyl sites for hydroxylation is 2. The Morgan fingerprint density at radius 2 is 1.45 bits per heavy atom. The van der Waals surface area contributed by atoms with Crippen molar-refractivity contribution in [1.29, 1.82) is 0 Å². The summed E-state index contributed by atoms with van der Waals surface area (Å²) in [6.45, 7) is 5.28. The molecular weight excluding hydrogens is 625 g/mol. The number of anilines is 1. The first-order valence-corrected chi connectivity index (χ1v) is 17.7. The Balaban J connectivity index is 0.974. The summed E-state index contributed by atoms with van der Waals surface area (Å²) in [6, 6.07) is 39.8. The average molecular weight is 668 g/mol. The van der Waals surface area contributed by atoms with Gasteiger partial charge in [-0.3, -0.25) is 10.3 Å². The zero-order valence-corrected chi connectivity index (χ0v) is 29.2. The van der Waals surface area contributed by atoms with E-state index in [4.69, 9.17) is 0 Å². The molecule has 0 saturated heterocycles. The fraction of sp³-hybridized carbons (Fsp3) is 0.214. The number of benzene rings is 4. The van der Waals surface area contributed by atoms with Crippen molar-refractivity contribution in [3.8, 4) is 0 Å². The number of thioether (sulfide) groups is 1. The van der Waals surface area contributed by atoms with E-state index in [0.29, 0.717) is 12.1 Å². The van der Waals surface area contributed by atoms with Crippen molar-refractivity contribution in [1.82, 2.24) is 0 Å². The number of carbonyl (C=O) groups is 1. The van der Waals surface area contributed by atoms with E-state index in [-0.39, 0.29) is 11.8 Å². The predicted octanol–water partition coefficient (Wildman–Crippen LogP) is 7.34. The Labute approximate surface area is 293 Å². The van der Waals surface area contributed by atoms with E-state index in [2.05, 4.69) is 77.8 Å². The summed E-state index contributed by atoms with van der Waals surface area (Å²) in [5.74, 6) is -0.576. The highest BCUT2D eigenvalue weighted by molar-refractivity contribution is 8.03. The van der Waals surface area contributed by atoms with Crippen molar-refractivity contribution in [3.63, 3.8) is 0 Å². The van der Waals surface area contributed by atoms with Crippen LogP contribution < -0.4 is 19.9 Å². The fourth-order valence-corrected chi connectivity index (χ4v) is 7.50. The second kappa shape index (κ2) is 15.9. The van der Waals surface area contributed by atoms with Crippen LogP contribution in [0.15, 0.2) is 136 Å². The molecule has 0 spiro atoms. The number of pyridine rings is 1. The Kier molecular flexibility index (Phi) is 11.0. The van der Waals surface area contributed by atoms with Crippen LogP contribution in [-0.2, 0) is 11.3 Å². The number of fused-ring (bicyclic) bond motifs is 1. The minimum absolute atomic E-state index is 0.114. The van der Waals surface area contributed by atoms with Crippen LogP contribution in [0, 0.1) is 13.8 Å². The molecule has 0 fully saturated rings. The number of quaternary nitrogens is 1. The second-order valence-corrected chi connectivity index (χ2v) is 13.6. The molecule has 1 amide bonds. The fourth-order valence-electron chi connectivity index (χ4n) is 6.39. The van der Waals surface area contributed by atoms with E-state index in [1.165, 1.54) is 32.6 Å². The van der Waals surface area contributed by atoms with Crippen molar-refractivity contribution in [2.75, 3.05) is 11.9 Å². The molecule has 1 aliphatic heterocycles. The van der Waals surface area contributed by atoms with Gasteiger partial charge in [-0.1, -0.05) is 84.6 Å². The van der Waals surface area contributed by atoms with E-state index in [0.717, 1.165) is 42.6 Å². The molecule has 49 heavy (non-hydrogen) atoms. The van der Waals surface area contributed by atoms with E-state index in [1.54, 1.807) is 17.4 Å². The molecule has 5 aromatic rings. The van der Waals surface area contributed by atoms with E-state index in [9.17, 15) is 9.90 Å². The lowest BCUT2D eigenvalue weighted by molar-refractivity contribution is -0.709. The molecule has 0 atom stereocenters. The molecule has 248 valence electrons. The first kappa shape index (κ1) is 33.9. The van der Waals surface area contributed by atoms with Gasteiger partial charge >= 0.3 is 5.91 Å². The normalized spacial score (nSPS) is 13.7. The highest BCUT2D eigenvalue weighted by Gasteiger charge is 2.22. The number of primary amides is 1. The Morgan fingerprint density at radius 3 is 2.08 bits per heavy atom. The summed E-state index contributed by atoms with van der Waals surface area (Å²) in [5, 5.41) is 16.3. The lowest BCUT2D eigenvalue weighted by atomic mass is 9.91. The van der Waals surface area contributed by atoms with Crippen LogP contribution in [0.5, 0.6) is 0 Å². The van der Waals surface area contributed by atoms with Crippen molar-refractivity contribution in [3.05, 3.63) is 154 Å². The van der Waals surface area contributed by atoms with Gasteiger partial charge in [0, 0.05) is 62.4 Å². The molecule has 0 aliphatic carbocycles. The van der Waals surface area contributed by atoms with Gasteiger partial charge < -0.3 is 10.0 Å². The van der Waals surface area contributed by atoms with Crippen molar-refractivity contribution in [2.24, 2.45) is 4.99 Å². The number of amides is 1. The molecule has 0 saturated carbocycles. The maximum Gasteiger partial charge on any atom is 0.315 e. The number of hydrogen-bond donors (Lipinski definition) is 1. The summed E-state index contributed by atoms with van der Waals surface area (Å²) in [4.78, 5) is 20.7. The molecule has 2 N–H and O–H groups in total. The number of para-hydroxylation sites is 1. The van der Waals surface area contributed by atoms with Crippen molar-refractivity contribution >= 4 is 46.7 Å². The summed E-state index contributed by atoms with van der Waals surface area (Å²) in [5.41, 5.74) is 8.17. The van der Waals surface area contributed by atoms with E-state index in [1.807, 2.05) is 84.6 Å². The van der Waals surface area contributed by atoms with Gasteiger partial charge in [-0.2, -0.15) is 0 Å². The lowest BCUT2D eigenvalue weighted by Gasteiger charge is -2.24. The standard InChI is InChI=1S/C42H42N4O2S/c1-30-27-32(29-40-45(3)37-19-12-13-20-38(37)49-40)28-31(2)46(30)26-14-6-11-21-39(47)43-35-22-24-36(25-23-35)44-42(48)41(33-15-7-4-8-16-33)34-17-9-5-10-18-34/h4-5,7-10,12-13,15-20,22-25,27-29,41H,6,11,14,21,26H2,1-3H3,(H-,43,44,47,48)/p+1. The maximum atomic E-state index is 13.4. The molecule has 6 rings (SSSR count). The van der Waals surface area contributed by atoms with Gasteiger partial charge in [0.15, 0.2) is 11.4 Å². The van der Waals surface area contributed by atoms with Crippen molar-refractivity contribution < 1.29 is 19.8 Å². The molecule has 1 aliphatic rings. The van der Waals surface area contributed by atoms with Gasteiger partial charge in [-0.25, -0.2) is 9.36 Å². The number of nitrogens with two attached hydrogens (primary N) is 1. The largest absolute Gasteiger partial charge is 0.861 e. The average Bonchev–Trinajstić information content (AvgIpc) is 3.42. The summed E-state index contributed by atoms with van der Waals surface area (Å²) < 4.78 is 2.37. The van der Waals surface area contributed by atoms with Crippen molar-refractivity contribution in [2.45, 2.75) is 56.9 Å². The van der Waals surface area contributed by atoms with Crippen LogP contribution in [0.2, 0.25) is 0 Å². The van der Waals surface area contributed by atoms with Gasteiger partial charge in [-0.05, 0) is 65.8 Å². The molecule has 2 heterocycles. The van der Waals surface area contributed by atoms with Crippen LogP contribution >= 0.6 is 11.8 Å². The SMILES string of the molecule is Cc1cc(C=C2Sc3ccccc3N2C)cc(C)[n+]1CCCCCC(=O)[NH2+]c1ccc(N=C([O-])C(c2ccccc2)c2ccccc2)cc1. The zero-order valence-electron chi connectivity index (χ0n) is 28.4. The van der Waals surface area contributed by atoms with Gasteiger partial charge in [0.25, 0.3) is 0 Å². The highest BCUT2D eigenvalue weighted by atomic mass is 32.2. The number of aliphatic imine (C=N–C) groups is 1. The van der Waals surface area contributed by atoms with Crippen LogP contribution in [0.1, 0.15) is 59.7 Å². The van der Waals surface area contributed by atoms with E-state index < -0.39 is 5.92 Å². The molecule has 7 heteroatoms. The number of nitrogens with zero attached hydrogens (tertiary/aromatic N) is 3. The first-order chi connectivity index (χ1) is 23.9. The topological polar surface area (TPSA) is 76.2 Å². The van der Waals surface area contributed by atoms with Crippen LogP contribution in [0.25, 0.3) is 6.08 Å². The third-order valence-electron chi connectivity index (χ3n) is 8.94. The molecule has 0 unspecified atom stereocenters. The number of rotatable bonds is 12. The highest BCUT2D eigenvalue weighted by Crippen LogP contribution is 2.45. The maximum absolute atomic E-state index is 13.4. The number of carbonyl (C=O) groups excluding carboxylic acids is 1. The number of hydrogen-bond acceptors (Lipinski definition) is 5. The van der Waals surface area contributed by atoms with Gasteiger partial charge in [0.05, 0.1) is 22.8 Å². The quantitative estimate of drug-likeness (QED) is 0.0497. The summed E-state index contributed by atoms with van der Waals surface area (Å²) >= 11 is 1.81. The number of aromatic nitrogens is 1. The monoisotopic (exact) mass is 667 g/mol. The molecular formula is C42H43N4O2S+. The lowest BCUT2D eigenvalue weighted by Crippen LogP contribution is -2.82. The van der Waals surface area contributed by atoms with Crippen LogP contribution in [-0.4, -0.2) is 18.9 Å². The van der Waals surface area contributed by atoms with Gasteiger partial charge in [0.1, 0.15) is 12.2 Å². The third-order valence-corrected chi connectivity index (χ3v) is 10.1. The predicted molar refractivity (Wildman–Crippen MR) is 198 cm³/mol. The molecule has 6 nitrogen and oxygen atoms in total. The first-order valence-electron chi connectivity index (χ1n) is 16.9. The smallest absolute Gasteiger partial charge is 0.315 e. The zero-order chi connectivity index (χ0) is 34.2. The second-order valence-electron chi connectivity index (χ2n) is 12.6. The van der Waals surface area contributed by atoms with Crippen LogP contribution in [0.4, 0.5) is 17.1 Å². The van der Waals surface area contributed by atoms with Gasteiger partial charge in [0.2, 0.25) is 0 Å². The molecule has 1 aromatic heterocycles. The van der Waals surface area contributed by atoms with Gasteiger partial charge in [-0.15, -0.1) is 0 Å². The summed E-state index contributed by atoms with van der Waals surface area (Å²) in [6.07, 6.45) is 5.64. The number of unbranched alkanes of at least 4 members (excludes halogenated alkanes) is 2. The molecule has 0 bridgehead atoms. The minimum Gasteiger partial charge on any atom is -0.861 e. The van der Waals surface area contributed by atoms with E-state index >= 15 is 0 Å². The summed E-state index contributed by atoms with van der Waals surface area (Å²) in [7, 11) is 2.13. The molecule has 4 aromatic carbocycles. The Bertz CT molecular complexity index is 1890. The Morgan fingerprint density at radius 1 is 0.837 bits per heavy atom. The molecule has 0 radical (unpaired) electrons. The Hall–Kier alpha value is -4.98. The third kappa shape index (κ3) is 8.55. The van der Waals surface area contributed by atoms with Crippen LogP contribution in [0.3, 0.4) is 0 Å². The minimum atomic E-state index is -0.472.